The van der Waals surface area contributed by atoms with Crippen LogP contribution in [0.1, 0.15) is 24.5 Å². The normalized spacial score (nSPS) is 12.7. The molecule has 0 radical (unpaired) electrons. The van der Waals surface area contributed by atoms with Crippen LogP contribution in [0, 0.1) is 0 Å². The Kier molecular flexibility index (Phi) is 9.59. The summed E-state index contributed by atoms with van der Waals surface area (Å²) in [5, 5.41) is 15.7. The van der Waals surface area contributed by atoms with E-state index >= 15 is 0 Å². The molecule has 0 aliphatic carbocycles. The molecule has 3 aromatic rings. The Morgan fingerprint density at radius 2 is 1.57 bits per heavy atom. The Morgan fingerprint density at radius 3 is 2.20 bits per heavy atom. The third-order valence-electron chi connectivity index (χ3n) is 5.32. The molecule has 0 aliphatic heterocycles. The summed E-state index contributed by atoms with van der Waals surface area (Å²) in [6.07, 6.45) is 2.98. The summed E-state index contributed by atoms with van der Waals surface area (Å²) in [5.41, 5.74) is 9.06. The van der Waals surface area contributed by atoms with Crippen LogP contribution >= 0.6 is 0 Å². The number of nitrogens with one attached hydrogen (secondary N) is 2. The molecule has 0 heterocycles. The minimum atomic E-state index is -1.33. The van der Waals surface area contributed by atoms with E-state index in [2.05, 4.69) is 10.6 Å². The monoisotopic (exact) mass is 473 g/mol. The number of aliphatic hydroxyl groups is 1. The maximum Gasteiger partial charge on any atom is 0.254 e. The number of benzene rings is 3. The van der Waals surface area contributed by atoms with Crippen molar-refractivity contribution in [2.75, 3.05) is 17.2 Å². The molecular weight excluding hydrogens is 442 g/mol. The van der Waals surface area contributed by atoms with Crippen LogP contribution in [0.3, 0.4) is 0 Å². The number of rotatable bonds is 11. The van der Waals surface area contributed by atoms with E-state index in [0.29, 0.717) is 30.8 Å². The minimum Gasteiger partial charge on any atom is -0.494 e. The van der Waals surface area contributed by atoms with Gasteiger partial charge in [0.25, 0.3) is 5.91 Å². The number of hydrogen-bond donors (Lipinski definition) is 4. The number of amides is 2. The van der Waals surface area contributed by atoms with Crippen molar-refractivity contribution in [3.8, 4) is 5.75 Å². The molecule has 182 valence electrons. The lowest BCUT2D eigenvalue weighted by Gasteiger charge is -2.18. The van der Waals surface area contributed by atoms with Crippen molar-refractivity contribution in [2.24, 2.45) is 5.73 Å². The predicted molar refractivity (Wildman–Crippen MR) is 139 cm³/mol. The molecule has 0 saturated carbocycles. The van der Waals surface area contributed by atoms with Crippen LogP contribution in [0.2, 0.25) is 0 Å². The van der Waals surface area contributed by atoms with Gasteiger partial charge < -0.3 is 26.2 Å². The standard InChI is InChI=1S/C28H31N3O4/c1-2-35-24-16-8-21(9-17-24)11-19-26(32)30-22-12-14-23(15-13-22)31-28(34)27(33)25(29)18-10-20-6-4-3-5-7-20/h3-9,11-17,19,25,27,33H,2,10,18,29H2,1H3,(H,30,32)(H,31,34). The Labute approximate surface area is 205 Å². The number of carbonyl (C=O) groups excluding carboxylic acids is 2. The Morgan fingerprint density at radius 1 is 0.943 bits per heavy atom. The molecule has 7 heteroatoms. The van der Waals surface area contributed by atoms with Gasteiger partial charge in [0.15, 0.2) is 0 Å². The van der Waals surface area contributed by atoms with Crippen molar-refractivity contribution in [1.29, 1.82) is 0 Å². The van der Waals surface area contributed by atoms with Crippen molar-refractivity contribution in [2.45, 2.75) is 31.9 Å². The lowest BCUT2D eigenvalue weighted by atomic mass is 10.0. The highest BCUT2D eigenvalue weighted by Crippen LogP contribution is 2.16. The molecule has 2 unspecified atom stereocenters. The maximum absolute atomic E-state index is 12.4. The number of carbonyl (C=O) groups is 2. The van der Waals surface area contributed by atoms with E-state index in [1.165, 1.54) is 6.08 Å². The average molecular weight is 474 g/mol. The number of aliphatic hydroxyl groups excluding tert-OH is 1. The molecular formula is C28H31N3O4. The van der Waals surface area contributed by atoms with Crippen LogP contribution in [-0.4, -0.2) is 35.7 Å². The largest absolute Gasteiger partial charge is 0.494 e. The van der Waals surface area contributed by atoms with Crippen molar-refractivity contribution in [1.82, 2.24) is 0 Å². The van der Waals surface area contributed by atoms with Crippen LogP contribution in [0.15, 0.2) is 84.9 Å². The van der Waals surface area contributed by atoms with E-state index in [-0.39, 0.29) is 5.91 Å². The first-order valence-corrected chi connectivity index (χ1v) is 11.5. The van der Waals surface area contributed by atoms with Gasteiger partial charge in [-0.05, 0) is 73.4 Å². The molecule has 3 aromatic carbocycles. The zero-order chi connectivity index (χ0) is 25.0. The van der Waals surface area contributed by atoms with Gasteiger partial charge in [0, 0.05) is 23.5 Å². The van der Waals surface area contributed by atoms with Crippen molar-refractivity contribution >= 4 is 29.3 Å². The lowest BCUT2D eigenvalue weighted by Crippen LogP contribution is -2.43. The molecule has 35 heavy (non-hydrogen) atoms. The maximum atomic E-state index is 12.4. The molecule has 2 atom stereocenters. The van der Waals surface area contributed by atoms with Crippen LogP contribution in [0.25, 0.3) is 6.08 Å². The molecule has 0 aromatic heterocycles. The molecule has 3 rings (SSSR count). The summed E-state index contributed by atoms with van der Waals surface area (Å²) < 4.78 is 5.40. The highest BCUT2D eigenvalue weighted by atomic mass is 16.5. The van der Waals surface area contributed by atoms with Crippen LogP contribution < -0.4 is 21.1 Å². The third kappa shape index (κ3) is 8.41. The first-order valence-electron chi connectivity index (χ1n) is 11.5. The van der Waals surface area contributed by atoms with Gasteiger partial charge in [-0.15, -0.1) is 0 Å². The van der Waals surface area contributed by atoms with E-state index in [0.717, 1.165) is 16.9 Å². The van der Waals surface area contributed by atoms with Crippen molar-refractivity contribution < 1.29 is 19.4 Å². The zero-order valence-electron chi connectivity index (χ0n) is 19.7. The van der Waals surface area contributed by atoms with Crippen molar-refractivity contribution in [3.63, 3.8) is 0 Å². The van der Waals surface area contributed by atoms with Crippen LogP contribution in [0.5, 0.6) is 5.75 Å². The summed E-state index contributed by atoms with van der Waals surface area (Å²) in [5.74, 6) is -0.0703. The van der Waals surface area contributed by atoms with Gasteiger partial charge in [-0.1, -0.05) is 42.5 Å². The lowest BCUT2D eigenvalue weighted by molar-refractivity contribution is -0.125. The first kappa shape index (κ1) is 25.7. The SMILES string of the molecule is CCOc1ccc(C=CC(=O)Nc2ccc(NC(=O)C(O)C(N)CCc3ccccc3)cc2)cc1. The fourth-order valence-electron chi connectivity index (χ4n) is 3.38. The third-order valence-corrected chi connectivity index (χ3v) is 5.32. The van der Waals surface area contributed by atoms with Gasteiger partial charge in [0.2, 0.25) is 5.91 Å². The van der Waals surface area contributed by atoms with E-state index in [1.807, 2.05) is 61.5 Å². The Bertz CT molecular complexity index is 1110. The molecule has 0 bridgehead atoms. The highest BCUT2D eigenvalue weighted by Gasteiger charge is 2.22. The van der Waals surface area contributed by atoms with Gasteiger partial charge in [-0.2, -0.15) is 0 Å². The average Bonchev–Trinajstić information content (AvgIpc) is 2.88. The summed E-state index contributed by atoms with van der Waals surface area (Å²) in [6, 6.07) is 23.1. The van der Waals surface area contributed by atoms with E-state index < -0.39 is 18.1 Å². The number of aryl methyl sites for hydroxylation is 1. The molecule has 0 fully saturated rings. The van der Waals surface area contributed by atoms with Crippen LogP contribution in [0.4, 0.5) is 11.4 Å². The zero-order valence-corrected chi connectivity index (χ0v) is 19.7. The van der Waals surface area contributed by atoms with Gasteiger partial charge in [0.1, 0.15) is 11.9 Å². The number of anilines is 2. The first-order chi connectivity index (χ1) is 16.9. The number of ether oxygens (including phenoxy) is 1. The smallest absolute Gasteiger partial charge is 0.254 e. The Hall–Kier alpha value is -3.94. The molecule has 0 aliphatic rings. The molecule has 5 N–H and O–H groups in total. The second-order valence-electron chi connectivity index (χ2n) is 8.02. The predicted octanol–water partition coefficient (Wildman–Crippen LogP) is 4.00. The quantitative estimate of drug-likeness (QED) is 0.315. The van der Waals surface area contributed by atoms with Crippen molar-refractivity contribution in [3.05, 3.63) is 96.1 Å². The molecule has 0 saturated heterocycles. The summed E-state index contributed by atoms with van der Waals surface area (Å²) in [4.78, 5) is 24.6. The van der Waals surface area contributed by atoms with E-state index in [9.17, 15) is 14.7 Å². The Balaban J connectivity index is 1.46. The number of hydrogen-bond acceptors (Lipinski definition) is 5. The highest BCUT2D eigenvalue weighted by molar-refractivity contribution is 6.02. The fourth-order valence-corrected chi connectivity index (χ4v) is 3.38. The van der Waals surface area contributed by atoms with Gasteiger partial charge >= 0.3 is 0 Å². The summed E-state index contributed by atoms with van der Waals surface area (Å²) in [6.45, 7) is 2.52. The van der Waals surface area contributed by atoms with Gasteiger partial charge in [-0.3, -0.25) is 9.59 Å². The number of nitrogens with two attached hydrogens (primary N) is 1. The van der Waals surface area contributed by atoms with Crippen LogP contribution in [-0.2, 0) is 16.0 Å². The summed E-state index contributed by atoms with van der Waals surface area (Å²) >= 11 is 0. The topological polar surface area (TPSA) is 114 Å². The summed E-state index contributed by atoms with van der Waals surface area (Å²) in [7, 11) is 0. The molecule has 7 nitrogen and oxygen atoms in total. The molecule has 0 spiro atoms. The van der Waals surface area contributed by atoms with Gasteiger partial charge in [0.05, 0.1) is 6.61 Å². The van der Waals surface area contributed by atoms with E-state index in [1.54, 1.807) is 30.3 Å². The second-order valence-corrected chi connectivity index (χ2v) is 8.02. The fraction of sp³-hybridized carbons (Fsp3) is 0.214. The van der Waals surface area contributed by atoms with E-state index in [4.69, 9.17) is 10.5 Å². The van der Waals surface area contributed by atoms with Gasteiger partial charge in [-0.25, -0.2) is 0 Å². The molecule has 2 amide bonds. The second kappa shape index (κ2) is 13.1. The minimum absolute atomic E-state index is 0.282.